The number of aryl methyl sites for hydroxylation is 1. The summed E-state index contributed by atoms with van der Waals surface area (Å²) >= 11 is 0. The zero-order chi connectivity index (χ0) is 14.7. The number of piperidine rings is 1. The van der Waals surface area contributed by atoms with Gasteiger partial charge in [-0.2, -0.15) is 0 Å². The van der Waals surface area contributed by atoms with Crippen LogP contribution in [0.1, 0.15) is 30.4 Å². The van der Waals surface area contributed by atoms with Gasteiger partial charge in [0.25, 0.3) is 0 Å². The second kappa shape index (κ2) is 6.48. The first-order chi connectivity index (χ1) is 10.2. The van der Waals surface area contributed by atoms with Crippen molar-refractivity contribution in [2.45, 2.75) is 32.1 Å². The summed E-state index contributed by atoms with van der Waals surface area (Å²) < 4.78 is 0. The second-order valence-electron chi connectivity index (χ2n) is 6.23. The molecule has 2 aliphatic heterocycles. The number of aliphatic carboxylic acids is 1. The lowest BCUT2D eigenvalue weighted by Gasteiger charge is -2.30. The summed E-state index contributed by atoms with van der Waals surface area (Å²) in [7, 11) is 0. The Hall–Kier alpha value is -1.55. The molecule has 4 heteroatoms. The Morgan fingerprint density at radius 3 is 2.90 bits per heavy atom. The molecule has 0 bridgehead atoms. The van der Waals surface area contributed by atoms with Crippen molar-refractivity contribution in [2.75, 3.05) is 31.5 Å². The van der Waals surface area contributed by atoms with Gasteiger partial charge in [0.1, 0.15) is 0 Å². The Labute approximate surface area is 126 Å². The highest BCUT2D eigenvalue weighted by atomic mass is 16.4. The smallest absolute Gasteiger partial charge is 0.306 e. The van der Waals surface area contributed by atoms with E-state index in [0.29, 0.717) is 0 Å². The van der Waals surface area contributed by atoms with Crippen LogP contribution >= 0.6 is 0 Å². The van der Waals surface area contributed by atoms with Crippen molar-refractivity contribution >= 4 is 11.7 Å². The number of benzene rings is 1. The minimum atomic E-state index is -0.628. The summed E-state index contributed by atoms with van der Waals surface area (Å²) in [6, 6.07) is 6.77. The highest BCUT2D eigenvalue weighted by Gasteiger charge is 2.24. The quantitative estimate of drug-likeness (QED) is 0.893. The average molecular weight is 288 g/mol. The van der Waals surface area contributed by atoms with Crippen molar-refractivity contribution < 1.29 is 9.90 Å². The van der Waals surface area contributed by atoms with Crippen LogP contribution in [0.15, 0.2) is 18.2 Å². The maximum absolute atomic E-state index is 11.0. The lowest BCUT2D eigenvalue weighted by atomic mass is 9.96. The van der Waals surface area contributed by atoms with Gasteiger partial charge in [0, 0.05) is 18.8 Å². The van der Waals surface area contributed by atoms with E-state index in [1.54, 1.807) is 0 Å². The molecule has 1 aromatic rings. The number of carboxylic acid groups (broad SMARTS) is 1. The molecule has 3 rings (SSSR count). The van der Waals surface area contributed by atoms with E-state index in [-0.39, 0.29) is 5.92 Å². The number of rotatable bonds is 4. The van der Waals surface area contributed by atoms with Crippen LogP contribution in [-0.2, 0) is 17.6 Å². The van der Waals surface area contributed by atoms with Crippen molar-refractivity contribution in [1.29, 1.82) is 0 Å². The van der Waals surface area contributed by atoms with E-state index in [0.717, 1.165) is 45.4 Å². The van der Waals surface area contributed by atoms with Gasteiger partial charge in [-0.1, -0.05) is 12.1 Å². The number of hydrogen-bond donors (Lipinski definition) is 2. The lowest BCUT2D eigenvalue weighted by Crippen LogP contribution is -2.37. The summed E-state index contributed by atoms with van der Waals surface area (Å²) in [4.78, 5) is 13.4. The van der Waals surface area contributed by atoms with Crippen molar-refractivity contribution in [3.8, 4) is 0 Å². The first-order valence-electron chi connectivity index (χ1n) is 8.03. The lowest BCUT2D eigenvalue weighted by molar-refractivity contribution is -0.143. The first-order valence-corrected chi connectivity index (χ1v) is 8.03. The van der Waals surface area contributed by atoms with Gasteiger partial charge in [-0.05, 0) is 62.4 Å². The van der Waals surface area contributed by atoms with Crippen LogP contribution in [0.2, 0.25) is 0 Å². The molecule has 0 radical (unpaired) electrons. The van der Waals surface area contributed by atoms with Crippen LogP contribution in [-0.4, -0.2) is 42.2 Å². The SMILES string of the molecule is O=C(O)C1CCN(CCc2ccc3c(c2)CCCN3)CC1. The standard InChI is InChI=1S/C17H24N2O2/c20-17(21)14-6-10-19(11-7-14)9-5-13-3-4-16-15(12-13)2-1-8-18-16/h3-4,12,14,18H,1-2,5-11H2,(H,20,21). The number of nitrogens with zero attached hydrogens (tertiary/aromatic N) is 1. The van der Waals surface area contributed by atoms with Gasteiger partial charge in [-0.3, -0.25) is 4.79 Å². The molecule has 0 aliphatic carbocycles. The molecule has 114 valence electrons. The van der Waals surface area contributed by atoms with E-state index >= 15 is 0 Å². The van der Waals surface area contributed by atoms with Crippen molar-refractivity contribution in [2.24, 2.45) is 5.92 Å². The Morgan fingerprint density at radius 1 is 1.33 bits per heavy atom. The minimum absolute atomic E-state index is 0.129. The second-order valence-corrected chi connectivity index (χ2v) is 6.23. The van der Waals surface area contributed by atoms with Crippen molar-refractivity contribution in [3.63, 3.8) is 0 Å². The van der Waals surface area contributed by atoms with E-state index < -0.39 is 5.97 Å². The molecule has 0 saturated carbocycles. The number of likely N-dealkylation sites (tertiary alicyclic amines) is 1. The van der Waals surface area contributed by atoms with Gasteiger partial charge < -0.3 is 15.3 Å². The first kappa shape index (κ1) is 14.4. The van der Waals surface area contributed by atoms with Crippen molar-refractivity contribution in [3.05, 3.63) is 29.3 Å². The Morgan fingerprint density at radius 2 is 2.14 bits per heavy atom. The third-order valence-corrected chi connectivity index (χ3v) is 4.76. The van der Waals surface area contributed by atoms with E-state index in [4.69, 9.17) is 5.11 Å². The fourth-order valence-corrected chi connectivity index (χ4v) is 3.37. The highest BCUT2D eigenvalue weighted by molar-refractivity contribution is 5.70. The summed E-state index contributed by atoms with van der Waals surface area (Å²) in [5.74, 6) is -0.757. The fraction of sp³-hybridized carbons (Fsp3) is 0.588. The Bertz CT molecular complexity index is 508. The molecular formula is C17H24N2O2. The van der Waals surface area contributed by atoms with Gasteiger partial charge in [-0.15, -0.1) is 0 Å². The Kier molecular flexibility index (Phi) is 4.44. The van der Waals surface area contributed by atoms with Crippen LogP contribution in [0.5, 0.6) is 0 Å². The molecule has 4 nitrogen and oxygen atoms in total. The molecule has 2 N–H and O–H groups in total. The largest absolute Gasteiger partial charge is 0.481 e. The maximum Gasteiger partial charge on any atom is 0.306 e. The summed E-state index contributed by atoms with van der Waals surface area (Å²) in [6.45, 7) is 3.97. The molecule has 1 aromatic carbocycles. The van der Waals surface area contributed by atoms with Gasteiger partial charge in [0.2, 0.25) is 0 Å². The number of hydrogen-bond acceptors (Lipinski definition) is 3. The van der Waals surface area contributed by atoms with Gasteiger partial charge in [0.05, 0.1) is 5.92 Å². The number of carboxylic acids is 1. The van der Waals surface area contributed by atoms with E-state index in [2.05, 4.69) is 28.4 Å². The predicted molar refractivity (Wildman–Crippen MR) is 83.8 cm³/mol. The zero-order valence-electron chi connectivity index (χ0n) is 12.5. The van der Waals surface area contributed by atoms with E-state index in [9.17, 15) is 4.79 Å². The molecule has 2 aliphatic rings. The summed E-state index contributed by atoms with van der Waals surface area (Å²) in [5.41, 5.74) is 4.15. The minimum Gasteiger partial charge on any atom is -0.481 e. The Balaban J connectivity index is 1.50. The van der Waals surface area contributed by atoms with Crippen LogP contribution in [0.4, 0.5) is 5.69 Å². The molecule has 21 heavy (non-hydrogen) atoms. The van der Waals surface area contributed by atoms with Crippen LogP contribution in [0.25, 0.3) is 0 Å². The van der Waals surface area contributed by atoms with E-state index in [1.165, 1.54) is 29.7 Å². The normalized spacial score (nSPS) is 19.8. The molecule has 0 spiro atoms. The number of nitrogens with one attached hydrogen (secondary N) is 1. The molecule has 2 heterocycles. The van der Waals surface area contributed by atoms with Gasteiger partial charge in [0.15, 0.2) is 0 Å². The predicted octanol–water partition coefficient (Wildman–Crippen LogP) is 2.38. The molecule has 0 amide bonds. The van der Waals surface area contributed by atoms with Gasteiger partial charge in [-0.25, -0.2) is 0 Å². The fourth-order valence-electron chi connectivity index (χ4n) is 3.37. The molecule has 0 unspecified atom stereocenters. The van der Waals surface area contributed by atoms with Gasteiger partial charge >= 0.3 is 5.97 Å². The maximum atomic E-state index is 11.0. The third kappa shape index (κ3) is 3.56. The van der Waals surface area contributed by atoms with E-state index in [1.807, 2.05) is 0 Å². The molecule has 0 aromatic heterocycles. The molecular weight excluding hydrogens is 264 g/mol. The zero-order valence-corrected chi connectivity index (χ0v) is 12.5. The number of fused-ring (bicyclic) bond motifs is 1. The van der Waals surface area contributed by atoms with Crippen LogP contribution in [0, 0.1) is 5.92 Å². The van der Waals surface area contributed by atoms with Crippen molar-refractivity contribution in [1.82, 2.24) is 4.90 Å². The van der Waals surface area contributed by atoms with Crippen LogP contribution < -0.4 is 5.32 Å². The summed E-state index contributed by atoms with van der Waals surface area (Å²) in [5, 5.41) is 12.5. The molecule has 1 saturated heterocycles. The average Bonchev–Trinajstić information content (AvgIpc) is 2.53. The third-order valence-electron chi connectivity index (χ3n) is 4.76. The number of anilines is 1. The number of carbonyl (C=O) groups is 1. The molecule has 0 atom stereocenters. The molecule has 1 fully saturated rings. The topological polar surface area (TPSA) is 52.6 Å². The monoisotopic (exact) mass is 288 g/mol. The summed E-state index contributed by atoms with van der Waals surface area (Å²) in [6.07, 6.45) is 5.05. The van der Waals surface area contributed by atoms with Crippen LogP contribution in [0.3, 0.4) is 0 Å². The highest BCUT2D eigenvalue weighted by Crippen LogP contribution is 2.23.